The van der Waals surface area contributed by atoms with E-state index in [2.05, 4.69) is 5.73 Å². The molecule has 0 N–H and O–H groups in total. The van der Waals surface area contributed by atoms with Crippen molar-refractivity contribution in [3.63, 3.8) is 0 Å². The minimum atomic E-state index is -0.244. The Morgan fingerprint density at radius 3 is 3.14 bits per heavy atom. The molecular formula is C11H16O3. The van der Waals surface area contributed by atoms with Crippen LogP contribution in [0.3, 0.4) is 0 Å². The second-order valence-electron chi connectivity index (χ2n) is 3.26. The van der Waals surface area contributed by atoms with Crippen LogP contribution in [0, 0.1) is 0 Å². The van der Waals surface area contributed by atoms with Gasteiger partial charge in [-0.15, -0.1) is 0 Å². The van der Waals surface area contributed by atoms with E-state index in [0.29, 0.717) is 6.42 Å². The van der Waals surface area contributed by atoms with Gasteiger partial charge in [-0.3, -0.25) is 4.79 Å². The van der Waals surface area contributed by atoms with Crippen molar-refractivity contribution in [1.82, 2.24) is 0 Å². The van der Waals surface area contributed by atoms with Gasteiger partial charge in [-0.05, 0) is 32.3 Å². The number of carbonyl (C=O) groups excluding carboxylic acids is 1. The van der Waals surface area contributed by atoms with Gasteiger partial charge in [0, 0.05) is 6.61 Å². The van der Waals surface area contributed by atoms with Crippen LogP contribution in [-0.2, 0) is 14.3 Å². The second-order valence-corrected chi connectivity index (χ2v) is 3.26. The number of rotatable bonds is 3. The van der Waals surface area contributed by atoms with E-state index in [4.69, 9.17) is 9.47 Å². The molecule has 1 saturated heterocycles. The Morgan fingerprint density at radius 1 is 1.64 bits per heavy atom. The van der Waals surface area contributed by atoms with Gasteiger partial charge in [-0.2, -0.15) is 0 Å². The molecule has 0 aromatic rings. The van der Waals surface area contributed by atoms with Crippen LogP contribution in [0.2, 0.25) is 0 Å². The average molecular weight is 196 g/mol. The smallest absolute Gasteiger partial charge is 0.313 e. The summed E-state index contributed by atoms with van der Waals surface area (Å²) < 4.78 is 10.2. The topological polar surface area (TPSA) is 35.5 Å². The van der Waals surface area contributed by atoms with Gasteiger partial charge in [0.1, 0.15) is 6.26 Å². The summed E-state index contributed by atoms with van der Waals surface area (Å²) in [5.74, 6) is -0.244. The van der Waals surface area contributed by atoms with E-state index < -0.39 is 0 Å². The van der Waals surface area contributed by atoms with E-state index in [1.807, 2.05) is 6.92 Å². The fourth-order valence-electron chi connectivity index (χ4n) is 1.37. The van der Waals surface area contributed by atoms with Crippen LogP contribution in [0.15, 0.2) is 18.1 Å². The molecule has 0 aromatic heterocycles. The van der Waals surface area contributed by atoms with Gasteiger partial charge in [-0.1, -0.05) is 5.73 Å². The van der Waals surface area contributed by atoms with Crippen LogP contribution in [0.5, 0.6) is 0 Å². The molecule has 0 radical (unpaired) electrons. The molecule has 3 nitrogen and oxygen atoms in total. The zero-order valence-electron chi connectivity index (χ0n) is 8.49. The maximum Gasteiger partial charge on any atom is 0.313 e. The Labute approximate surface area is 84.4 Å². The molecule has 0 amide bonds. The van der Waals surface area contributed by atoms with E-state index >= 15 is 0 Å². The lowest BCUT2D eigenvalue weighted by molar-refractivity contribution is -0.142. The summed E-state index contributed by atoms with van der Waals surface area (Å²) in [5.41, 5.74) is 2.68. The Bertz CT molecular complexity index is 233. The SMILES string of the molecule is CC=C=COC(=O)CC1CCCCO1. The summed E-state index contributed by atoms with van der Waals surface area (Å²) in [5, 5.41) is 0. The van der Waals surface area contributed by atoms with Crippen LogP contribution < -0.4 is 0 Å². The van der Waals surface area contributed by atoms with Gasteiger partial charge in [0.2, 0.25) is 0 Å². The fourth-order valence-corrected chi connectivity index (χ4v) is 1.37. The number of hydrogen-bond donors (Lipinski definition) is 0. The van der Waals surface area contributed by atoms with Crippen molar-refractivity contribution in [3.05, 3.63) is 18.1 Å². The maximum atomic E-state index is 11.2. The Morgan fingerprint density at radius 2 is 2.50 bits per heavy atom. The maximum absolute atomic E-state index is 11.2. The summed E-state index contributed by atoms with van der Waals surface area (Å²) in [6.07, 6.45) is 6.57. The zero-order valence-corrected chi connectivity index (χ0v) is 8.49. The van der Waals surface area contributed by atoms with Gasteiger partial charge in [0.15, 0.2) is 0 Å². The van der Waals surface area contributed by atoms with Crippen molar-refractivity contribution in [2.45, 2.75) is 38.7 Å². The normalized spacial score (nSPS) is 20.8. The zero-order chi connectivity index (χ0) is 10.2. The van der Waals surface area contributed by atoms with E-state index in [1.165, 1.54) is 6.26 Å². The summed E-state index contributed by atoms with van der Waals surface area (Å²) >= 11 is 0. The van der Waals surface area contributed by atoms with Crippen molar-refractivity contribution in [1.29, 1.82) is 0 Å². The summed E-state index contributed by atoms with van der Waals surface area (Å²) in [6.45, 7) is 2.58. The molecule has 1 atom stereocenters. The Kier molecular flexibility index (Phi) is 5.05. The first-order chi connectivity index (χ1) is 6.83. The fraction of sp³-hybridized carbons (Fsp3) is 0.636. The van der Waals surface area contributed by atoms with Crippen LogP contribution in [0.4, 0.5) is 0 Å². The monoisotopic (exact) mass is 196 g/mol. The van der Waals surface area contributed by atoms with E-state index in [-0.39, 0.29) is 12.1 Å². The molecule has 1 unspecified atom stereocenters. The molecular weight excluding hydrogens is 180 g/mol. The van der Waals surface area contributed by atoms with E-state index in [9.17, 15) is 4.79 Å². The van der Waals surface area contributed by atoms with Crippen LogP contribution in [0.1, 0.15) is 32.6 Å². The minimum absolute atomic E-state index is 0.0512. The van der Waals surface area contributed by atoms with Crippen molar-refractivity contribution in [2.75, 3.05) is 6.61 Å². The Hall–Kier alpha value is -1.05. The number of ether oxygens (including phenoxy) is 2. The van der Waals surface area contributed by atoms with Crippen molar-refractivity contribution in [3.8, 4) is 0 Å². The molecule has 1 fully saturated rings. The first kappa shape index (κ1) is 11.0. The molecule has 0 bridgehead atoms. The highest BCUT2D eigenvalue weighted by atomic mass is 16.5. The quantitative estimate of drug-likeness (QED) is 0.394. The van der Waals surface area contributed by atoms with Gasteiger partial charge < -0.3 is 9.47 Å². The predicted octanol–water partition coefficient (Wildman–Crippen LogP) is 2.18. The number of allylic oxidation sites excluding steroid dienone is 1. The van der Waals surface area contributed by atoms with Gasteiger partial charge >= 0.3 is 5.97 Å². The highest BCUT2D eigenvalue weighted by Gasteiger charge is 2.17. The van der Waals surface area contributed by atoms with Gasteiger partial charge in [-0.25, -0.2) is 0 Å². The highest BCUT2D eigenvalue weighted by Crippen LogP contribution is 2.15. The first-order valence-electron chi connectivity index (χ1n) is 4.99. The third-order valence-electron chi connectivity index (χ3n) is 2.09. The molecule has 3 heteroatoms. The van der Waals surface area contributed by atoms with Gasteiger partial charge in [0.05, 0.1) is 12.5 Å². The molecule has 1 aliphatic rings. The average Bonchev–Trinajstić information content (AvgIpc) is 2.20. The summed E-state index contributed by atoms with van der Waals surface area (Å²) in [6, 6.07) is 0. The van der Waals surface area contributed by atoms with Crippen molar-refractivity contribution >= 4 is 5.97 Å². The molecule has 78 valence electrons. The predicted molar refractivity (Wildman–Crippen MR) is 52.6 cm³/mol. The first-order valence-corrected chi connectivity index (χ1v) is 4.99. The standard InChI is InChI=1S/C11H16O3/c1-2-3-7-14-11(12)9-10-6-4-5-8-13-10/h2,7,10H,4-6,8-9H2,1H3. The number of carbonyl (C=O) groups is 1. The molecule has 1 rings (SSSR count). The molecule has 1 heterocycles. The number of esters is 1. The molecule has 0 aromatic carbocycles. The minimum Gasteiger partial charge on any atom is -0.426 e. The van der Waals surface area contributed by atoms with Crippen LogP contribution in [0.25, 0.3) is 0 Å². The van der Waals surface area contributed by atoms with Crippen molar-refractivity contribution in [2.24, 2.45) is 0 Å². The molecule has 0 aliphatic carbocycles. The lowest BCUT2D eigenvalue weighted by Gasteiger charge is -2.21. The largest absolute Gasteiger partial charge is 0.426 e. The number of hydrogen-bond acceptors (Lipinski definition) is 3. The van der Waals surface area contributed by atoms with Crippen LogP contribution >= 0.6 is 0 Å². The second kappa shape index (κ2) is 6.41. The van der Waals surface area contributed by atoms with Crippen molar-refractivity contribution < 1.29 is 14.3 Å². The Balaban J connectivity index is 2.21. The van der Waals surface area contributed by atoms with E-state index in [0.717, 1.165) is 25.9 Å². The molecule has 0 spiro atoms. The van der Waals surface area contributed by atoms with Gasteiger partial charge in [0.25, 0.3) is 0 Å². The van der Waals surface area contributed by atoms with Crippen LogP contribution in [-0.4, -0.2) is 18.7 Å². The third kappa shape index (κ3) is 4.26. The lowest BCUT2D eigenvalue weighted by atomic mass is 10.1. The molecule has 1 aliphatic heterocycles. The molecule has 14 heavy (non-hydrogen) atoms. The lowest BCUT2D eigenvalue weighted by Crippen LogP contribution is -2.22. The third-order valence-corrected chi connectivity index (χ3v) is 2.09. The highest BCUT2D eigenvalue weighted by molar-refractivity contribution is 5.70. The molecule has 0 saturated carbocycles. The summed E-state index contributed by atoms with van der Waals surface area (Å²) in [7, 11) is 0. The summed E-state index contributed by atoms with van der Waals surface area (Å²) in [4.78, 5) is 11.2. The van der Waals surface area contributed by atoms with E-state index in [1.54, 1.807) is 6.08 Å².